The molecule has 0 radical (unpaired) electrons. The molecule has 0 spiro atoms. The molecule has 2 rings (SSSR count). The van der Waals surface area contributed by atoms with Crippen molar-refractivity contribution in [3.63, 3.8) is 0 Å². The quantitative estimate of drug-likeness (QED) is 0.848. The normalized spacial score (nSPS) is 12.7. The van der Waals surface area contributed by atoms with Gasteiger partial charge in [-0.2, -0.15) is 0 Å². The number of rotatable bonds is 3. The van der Waals surface area contributed by atoms with Crippen molar-refractivity contribution in [3.8, 4) is 0 Å². The smallest absolute Gasteiger partial charge is 0.130 e. The highest BCUT2D eigenvalue weighted by molar-refractivity contribution is 5.27. The molecule has 2 aromatic rings. The molecule has 2 aromatic heterocycles. The molecule has 0 aromatic carbocycles. The molecule has 2 N–H and O–H groups in total. The molecule has 0 saturated heterocycles. The molecule has 0 aliphatic heterocycles. The van der Waals surface area contributed by atoms with Gasteiger partial charge in [0.05, 0.1) is 6.04 Å². The van der Waals surface area contributed by atoms with Crippen LogP contribution in [0.5, 0.6) is 0 Å². The number of nitrogens with zero attached hydrogens (tertiary/aromatic N) is 3. The number of nitrogens with two attached hydrogens (primary N) is 1. The maximum absolute atomic E-state index is 6.21. The van der Waals surface area contributed by atoms with Gasteiger partial charge in [0, 0.05) is 30.8 Å². The van der Waals surface area contributed by atoms with Crippen molar-refractivity contribution in [1.29, 1.82) is 0 Å². The lowest BCUT2D eigenvalue weighted by Crippen LogP contribution is -2.18. The van der Waals surface area contributed by atoms with Gasteiger partial charge in [0.1, 0.15) is 5.82 Å². The van der Waals surface area contributed by atoms with Gasteiger partial charge in [0.2, 0.25) is 0 Å². The monoisotopic (exact) mass is 216 g/mol. The largest absolute Gasteiger partial charge is 0.334 e. The zero-order valence-corrected chi connectivity index (χ0v) is 9.59. The van der Waals surface area contributed by atoms with Crippen LogP contribution in [0.3, 0.4) is 0 Å². The molecule has 16 heavy (non-hydrogen) atoms. The number of hydrogen-bond acceptors (Lipinski definition) is 3. The molecule has 1 unspecified atom stereocenters. The van der Waals surface area contributed by atoms with Crippen molar-refractivity contribution in [3.05, 3.63) is 47.8 Å². The summed E-state index contributed by atoms with van der Waals surface area (Å²) >= 11 is 0. The summed E-state index contributed by atoms with van der Waals surface area (Å²) in [4.78, 5) is 8.56. The Bertz CT molecular complexity index is 475. The second kappa shape index (κ2) is 4.45. The topological polar surface area (TPSA) is 56.7 Å². The third-order valence-corrected chi connectivity index (χ3v) is 2.75. The van der Waals surface area contributed by atoms with Crippen molar-refractivity contribution >= 4 is 0 Å². The van der Waals surface area contributed by atoms with Gasteiger partial charge < -0.3 is 10.3 Å². The minimum atomic E-state index is -0.205. The van der Waals surface area contributed by atoms with Crippen LogP contribution in [0.1, 0.15) is 30.0 Å². The first kappa shape index (κ1) is 10.8. The molecular formula is C12H16N4. The average Bonchev–Trinajstić information content (AvgIpc) is 2.77. The van der Waals surface area contributed by atoms with E-state index in [2.05, 4.69) is 21.5 Å². The Kier molecular flexibility index (Phi) is 3.01. The van der Waals surface area contributed by atoms with Crippen LogP contribution in [-0.2, 0) is 6.54 Å². The first-order chi connectivity index (χ1) is 7.74. The number of aryl methyl sites for hydroxylation is 2. The van der Waals surface area contributed by atoms with Crippen LogP contribution in [-0.4, -0.2) is 14.5 Å². The van der Waals surface area contributed by atoms with Gasteiger partial charge in [-0.05, 0) is 25.5 Å². The van der Waals surface area contributed by atoms with Crippen molar-refractivity contribution in [1.82, 2.24) is 14.5 Å². The van der Waals surface area contributed by atoms with E-state index in [4.69, 9.17) is 5.73 Å². The van der Waals surface area contributed by atoms with E-state index in [-0.39, 0.29) is 6.04 Å². The molecular weight excluding hydrogens is 200 g/mol. The van der Waals surface area contributed by atoms with E-state index < -0.39 is 0 Å². The summed E-state index contributed by atoms with van der Waals surface area (Å²) in [6.07, 6.45) is 5.50. The van der Waals surface area contributed by atoms with Crippen molar-refractivity contribution in [2.75, 3.05) is 0 Å². The first-order valence-electron chi connectivity index (χ1n) is 5.42. The fraction of sp³-hybridized carbons (Fsp3) is 0.333. The van der Waals surface area contributed by atoms with Gasteiger partial charge in [-0.15, -0.1) is 0 Å². The summed E-state index contributed by atoms with van der Waals surface area (Å²) in [7, 11) is 0. The zero-order chi connectivity index (χ0) is 11.5. The van der Waals surface area contributed by atoms with Gasteiger partial charge >= 0.3 is 0 Å². The predicted molar refractivity (Wildman–Crippen MR) is 62.9 cm³/mol. The van der Waals surface area contributed by atoms with Gasteiger partial charge in [-0.1, -0.05) is 6.07 Å². The third kappa shape index (κ3) is 1.84. The Morgan fingerprint density at radius 1 is 1.38 bits per heavy atom. The Balaban J connectivity index is 2.39. The summed E-state index contributed by atoms with van der Waals surface area (Å²) in [6, 6.07) is 3.70. The van der Waals surface area contributed by atoms with Gasteiger partial charge in [-0.3, -0.25) is 4.98 Å². The van der Waals surface area contributed by atoms with E-state index in [0.29, 0.717) is 0 Å². The number of imidazole rings is 1. The van der Waals surface area contributed by atoms with Crippen LogP contribution < -0.4 is 5.73 Å². The SMILES string of the molecule is CCn1ccnc1C(N)c1cccnc1C. The average molecular weight is 216 g/mol. The van der Waals surface area contributed by atoms with Crippen molar-refractivity contribution in [2.45, 2.75) is 26.4 Å². The summed E-state index contributed by atoms with van der Waals surface area (Å²) in [5.74, 6) is 0.888. The van der Waals surface area contributed by atoms with Crippen LogP contribution in [0.25, 0.3) is 0 Å². The van der Waals surface area contributed by atoms with E-state index in [1.807, 2.05) is 25.3 Å². The fourth-order valence-corrected chi connectivity index (χ4v) is 1.83. The number of aromatic nitrogens is 3. The molecule has 2 heterocycles. The van der Waals surface area contributed by atoms with Gasteiger partial charge in [0.15, 0.2) is 0 Å². The number of pyridine rings is 1. The Hall–Kier alpha value is -1.68. The summed E-state index contributed by atoms with van der Waals surface area (Å²) in [6.45, 7) is 4.92. The van der Waals surface area contributed by atoms with Crippen molar-refractivity contribution in [2.24, 2.45) is 5.73 Å². The van der Waals surface area contributed by atoms with Gasteiger partial charge in [0.25, 0.3) is 0 Å². The van der Waals surface area contributed by atoms with Crippen LogP contribution in [0, 0.1) is 6.92 Å². The van der Waals surface area contributed by atoms with Crippen LogP contribution in [0.15, 0.2) is 30.7 Å². The maximum atomic E-state index is 6.21. The van der Waals surface area contributed by atoms with E-state index in [1.54, 1.807) is 12.4 Å². The predicted octanol–water partition coefficient (Wildman–Crippen LogP) is 1.65. The highest BCUT2D eigenvalue weighted by atomic mass is 15.1. The highest BCUT2D eigenvalue weighted by Gasteiger charge is 2.16. The van der Waals surface area contributed by atoms with E-state index >= 15 is 0 Å². The summed E-state index contributed by atoms with van der Waals surface area (Å²) in [5, 5.41) is 0. The Labute approximate surface area is 95.1 Å². The Morgan fingerprint density at radius 3 is 2.88 bits per heavy atom. The van der Waals surface area contributed by atoms with E-state index in [1.165, 1.54) is 0 Å². The molecule has 0 aliphatic rings. The highest BCUT2D eigenvalue weighted by Crippen LogP contribution is 2.19. The lowest BCUT2D eigenvalue weighted by atomic mass is 10.1. The molecule has 4 nitrogen and oxygen atoms in total. The molecule has 0 bridgehead atoms. The second-order valence-corrected chi connectivity index (χ2v) is 3.73. The molecule has 84 valence electrons. The lowest BCUT2D eigenvalue weighted by Gasteiger charge is -2.14. The molecule has 4 heteroatoms. The third-order valence-electron chi connectivity index (χ3n) is 2.75. The van der Waals surface area contributed by atoms with E-state index in [9.17, 15) is 0 Å². The minimum Gasteiger partial charge on any atom is -0.334 e. The fourth-order valence-electron chi connectivity index (χ4n) is 1.83. The molecule has 0 saturated carbocycles. The van der Waals surface area contributed by atoms with E-state index in [0.717, 1.165) is 23.6 Å². The molecule has 0 fully saturated rings. The second-order valence-electron chi connectivity index (χ2n) is 3.73. The van der Waals surface area contributed by atoms with Crippen LogP contribution in [0.2, 0.25) is 0 Å². The number of hydrogen-bond donors (Lipinski definition) is 1. The molecule has 1 atom stereocenters. The van der Waals surface area contributed by atoms with Crippen molar-refractivity contribution < 1.29 is 0 Å². The Morgan fingerprint density at radius 2 is 2.19 bits per heavy atom. The summed E-state index contributed by atoms with van der Waals surface area (Å²) in [5.41, 5.74) is 8.20. The van der Waals surface area contributed by atoms with Crippen LogP contribution >= 0.6 is 0 Å². The van der Waals surface area contributed by atoms with Crippen LogP contribution in [0.4, 0.5) is 0 Å². The lowest BCUT2D eigenvalue weighted by molar-refractivity contribution is 0.653. The first-order valence-corrected chi connectivity index (χ1v) is 5.42. The minimum absolute atomic E-state index is 0.205. The van der Waals surface area contributed by atoms with Gasteiger partial charge in [-0.25, -0.2) is 4.98 Å². The maximum Gasteiger partial charge on any atom is 0.130 e. The molecule has 0 aliphatic carbocycles. The zero-order valence-electron chi connectivity index (χ0n) is 9.59. The molecule has 0 amide bonds. The standard InChI is InChI=1S/C12H16N4/c1-3-16-8-7-15-12(16)11(13)10-5-4-6-14-9(10)2/h4-8,11H,3,13H2,1-2H3. The summed E-state index contributed by atoms with van der Waals surface area (Å²) < 4.78 is 2.05.